The van der Waals surface area contributed by atoms with E-state index in [1.165, 1.54) is 0 Å². The van der Waals surface area contributed by atoms with Crippen LogP contribution in [0.2, 0.25) is 0 Å². The number of para-hydroxylation sites is 4. The van der Waals surface area contributed by atoms with E-state index >= 15 is 0 Å². The molecule has 1 heterocycles. The maximum absolute atomic E-state index is 13.2. The lowest BCUT2D eigenvalue weighted by Gasteiger charge is -2.36. The van der Waals surface area contributed by atoms with E-state index in [0.717, 1.165) is 47.7 Å². The summed E-state index contributed by atoms with van der Waals surface area (Å²) in [5.41, 5.74) is 12.3. The maximum atomic E-state index is 13.2. The van der Waals surface area contributed by atoms with Gasteiger partial charge in [-0.2, -0.15) is 5.10 Å². The van der Waals surface area contributed by atoms with Gasteiger partial charge in [-0.15, -0.1) is 5.11 Å². The molecule has 1 amide bonds. The largest absolute Gasteiger partial charge is 0.396 e. The smallest absolute Gasteiger partial charge is 0.246 e. The van der Waals surface area contributed by atoms with Crippen LogP contribution >= 0.6 is 0 Å². The average molecular weight is 513 g/mol. The Balaban J connectivity index is 1.46. The van der Waals surface area contributed by atoms with E-state index in [9.17, 15) is 4.79 Å². The Morgan fingerprint density at radius 1 is 1.03 bits per heavy atom. The number of carbonyl (C=O) groups excluding carboxylic acids is 1. The van der Waals surface area contributed by atoms with Gasteiger partial charge in [-0.25, -0.2) is 5.53 Å². The fraction of sp³-hybridized carbons (Fsp3) is 0.250. The van der Waals surface area contributed by atoms with Gasteiger partial charge in [-0.05, 0) is 42.7 Å². The van der Waals surface area contributed by atoms with Crippen molar-refractivity contribution >= 4 is 40.7 Å². The molecule has 0 atom stereocenters. The lowest BCUT2D eigenvalue weighted by atomic mass is 10.1. The summed E-state index contributed by atoms with van der Waals surface area (Å²) in [6.07, 6.45) is 3.47. The Kier molecular flexibility index (Phi) is 9.14. The zero-order valence-corrected chi connectivity index (χ0v) is 21.1. The average Bonchev–Trinajstić information content (AvgIpc) is 2.95. The summed E-state index contributed by atoms with van der Waals surface area (Å²) in [5, 5.41) is 19.2. The standard InChI is InChI=1S/C28H32N8O2/c29-33-28(34-30)22-13-11-21(12-14-22)19-36-26-10-4-3-9-25(26)35(20-27(36)38)17-16-32-24-8-2-1-7-23(24)31-15-5-6-18-37/h1-4,7-14,16,29,31,37H,5-6,15,17-20,30H2/b32-16?,33-29?,34-28-. The van der Waals surface area contributed by atoms with Crippen molar-refractivity contribution in [1.29, 1.82) is 5.53 Å². The van der Waals surface area contributed by atoms with Crippen LogP contribution in [0.25, 0.3) is 0 Å². The van der Waals surface area contributed by atoms with Crippen molar-refractivity contribution in [2.24, 2.45) is 21.1 Å². The molecule has 0 spiro atoms. The van der Waals surface area contributed by atoms with E-state index in [4.69, 9.17) is 16.5 Å². The van der Waals surface area contributed by atoms with Crippen molar-refractivity contribution in [2.75, 3.05) is 41.4 Å². The Morgan fingerprint density at radius 3 is 2.50 bits per heavy atom. The molecule has 1 aliphatic rings. The second-order valence-corrected chi connectivity index (χ2v) is 8.80. The first-order valence-electron chi connectivity index (χ1n) is 12.5. The number of amides is 1. The van der Waals surface area contributed by atoms with Crippen LogP contribution in [0.1, 0.15) is 24.0 Å². The number of aliphatic hydroxyl groups excluding tert-OH is 1. The number of carbonyl (C=O) groups is 1. The maximum Gasteiger partial charge on any atom is 0.246 e. The molecule has 10 heteroatoms. The molecular weight excluding hydrogens is 480 g/mol. The zero-order chi connectivity index (χ0) is 26.7. The second kappa shape index (κ2) is 13.1. The normalized spacial score (nSPS) is 13.6. The van der Waals surface area contributed by atoms with Gasteiger partial charge in [0.1, 0.15) is 0 Å². The van der Waals surface area contributed by atoms with Crippen LogP contribution in [0, 0.1) is 5.53 Å². The number of amidine groups is 1. The minimum atomic E-state index is -0.00232. The van der Waals surface area contributed by atoms with Gasteiger partial charge in [0.2, 0.25) is 5.91 Å². The number of nitrogens with zero attached hydrogens (tertiary/aromatic N) is 5. The highest BCUT2D eigenvalue weighted by atomic mass is 16.3. The highest BCUT2D eigenvalue weighted by Gasteiger charge is 2.28. The summed E-state index contributed by atoms with van der Waals surface area (Å²) in [5.74, 6) is 5.43. The molecule has 4 rings (SSSR count). The Labute approximate surface area is 222 Å². The van der Waals surface area contributed by atoms with Crippen molar-refractivity contribution in [3.8, 4) is 0 Å². The molecule has 0 bridgehead atoms. The van der Waals surface area contributed by atoms with E-state index in [1.54, 1.807) is 17.0 Å². The number of unbranched alkanes of at least 4 members (excludes halogenated alkanes) is 1. The summed E-state index contributed by atoms with van der Waals surface area (Å²) < 4.78 is 0. The first-order chi connectivity index (χ1) is 18.6. The summed E-state index contributed by atoms with van der Waals surface area (Å²) in [6.45, 7) is 2.10. The van der Waals surface area contributed by atoms with E-state index in [1.807, 2.05) is 71.8 Å². The minimum Gasteiger partial charge on any atom is -0.396 e. The molecule has 3 aromatic carbocycles. The predicted octanol–water partition coefficient (Wildman–Crippen LogP) is 4.28. The zero-order valence-electron chi connectivity index (χ0n) is 21.1. The summed E-state index contributed by atoms with van der Waals surface area (Å²) >= 11 is 0. The Bertz CT molecular complexity index is 1310. The summed E-state index contributed by atoms with van der Waals surface area (Å²) in [4.78, 5) is 21.7. The van der Waals surface area contributed by atoms with Gasteiger partial charge in [0.15, 0.2) is 5.84 Å². The number of aliphatic imine (C=N–C) groups is 1. The fourth-order valence-electron chi connectivity index (χ4n) is 4.31. The van der Waals surface area contributed by atoms with Crippen LogP contribution in [-0.2, 0) is 11.3 Å². The third-order valence-electron chi connectivity index (χ3n) is 6.26. The Morgan fingerprint density at radius 2 is 1.76 bits per heavy atom. The van der Waals surface area contributed by atoms with E-state index < -0.39 is 0 Å². The molecule has 38 heavy (non-hydrogen) atoms. The molecule has 0 saturated heterocycles. The lowest BCUT2D eigenvalue weighted by Crippen LogP contribution is -2.46. The minimum absolute atomic E-state index is 0.00232. The number of rotatable bonds is 11. The molecule has 0 fully saturated rings. The molecule has 1 aliphatic heterocycles. The number of benzene rings is 3. The number of nitrogens with one attached hydrogen (secondary N) is 2. The summed E-state index contributed by atoms with van der Waals surface area (Å²) in [7, 11) is 0. The molecule has 5 N–H and O–H groups in total. The highest BCUT2D eigenvalue weighted by molar-refractivity contribution is 6.04. The third kappa shape index (κ3) is 6.40. The van der Waals surface area contributed by atoms with Crippen LogP contribution < -0.4 is 21.0 Å². The third-order valence-corrected chi connectivity index (χ3v) is 6.26. The van der Waals surface area contributed by atoms with E-state index in [2.05, 4.69) is 20.5 Å². The molecule has 0 saturated carbocycles. The molecule has 196 valence electrons. The van der Waals surface area contributed by atoms with Crippen molar-refractivity contribution < 1.29 is 9.90 Å². The van der Waals surface area contributed by atoms with Crippen LogP contribution in [0.5, 0.6) is 0 Å². The molecule has 0 aromatic heterocycles. The fourth-order valence-corrected chi connectivity index (χ4v) is 4.31. The number of fused-ring (bicyclic) bond motifs is 1. The topological polar surface area (TPSA) is 143 Å². The number of hydrazone groups is 1. The number of nitrogens with two attached hydrogens (primary N) is 1. The molecule has 0 unspecified atom stereocenters. The van der Waals surface area contributed by atoms with E-state index in [-0.39, 0.29) is 24.9 Å². The van der Waals surface area contributed by atoms with E-state index in [0.29, 0.717) is 18.7 Å². The van der Waals surface area contributed by atoms with Crippen molar-refractivity contribution in [2.45, 2.75) is 19.4 Å². The SMILES string of the molecule is N=N/C(=N\N)c1ccc(CN2C(=O)CN(CC=Nc3ccccc3NCCCCO)c3ccccc32)cc1. The van der Waals surface area contributed by atoms with Gasteiger partial charge in [0, 0.05) is 24.9 Å². The summed E-state index contributed by atoms with van der Waals surface area (Å²) in [6, 6.07) is 23.1. The highest BCUT2D eigenvalue weighted by Crippen LogP contribution is 2.34. The monoisotopic (exact) mass is 512 g/mol. The van der Waals surface area contributed by atoms with Gasteiger partial charge in [-0.1, -0.05) is 48.5 Å². The lowest BCUT2D eigenvalue weighted by molar-refractivity contribution is -0.117. The molecule has 3 aromatic rings. The molecule has 10 nitrogen and oxygen atoms in total. The van der Waals surface area contributed by atoms with Gasteiger partial charge in [-0.3, -0.25) is 9.79 Å². The van der Waals surface area contributed by atoms with Crippen LogP contribution in [0.3, 0.4) is 0 Å². The quantitative estimate of drug-likeness (QED) is 0.0757. The first-order valence-corrected chi connectivity index (χ1v) is 12.5. The van der Waals surface area contributed by atoms with Crippen LogP contribution in [0.4, 0.5) is 22.7 Å². The first kappa shape index (κ1) is 26.5. The second-order valence-electron chi connectivity index (χ2n) is 8.80. The van der Waals surface area contributed by atoms with Gasteiger partial charge in [0.25, 0.3) is 0 Å². The van der Waals surface area contributed by atoms with Crippen LogP contribution in [-0.4, -0.2) is 49.3 Å². The number of hydrogen-bond donors (Lipinski definition) is 4. The van der Waals surface area contributed by atoms with Crippen LogP contribution in [0.15, 0.2) is 88.0 Å². The van der Waals surface area contributed by atoms with Crippen molar-refractivity contribution in [3.05, 3.63) is 83.9 Å². The van der Waals surface area contributed by atoms with Crippen molar-refractivity contribution in [1.82, 2.24) is 0 Å². The Hall–Kier alpha value is -4.57. The van der Waals surface area contributed by atoms with Gasteiger partial charge < -0.3 is 26.1 Å². The number of aliphatic hydroxyl groups is 1. The van der Waals surface area contributed by atoms with Crippen molar-refractivity contribution in [3.63, 3.8) is 0 Å². The molecular formula is C28H32N8O2. The van der Waals surface area contributed by atoms with Gasteiger partial charge >= 0.3 is 0 Å². The number of hydrogen-bond acceptors (Lipinski definition) is 8. The van der Waals surface area contributed by atoms with Gasteiger partial charge in [0.05, 0.1) is 42.4 Å². The molecule has 0 radical (unpaired) electrons. The predicted molar refractivity (Wildman–Crippen MR) is 152 cm³/mol. The molecule has 0 aliphatic carbocycles. The number of anilines is 3.